The Morgan fingerprint density at radius 1 is 1.19 bits per heavy atom. The predicted octanol–water partition coefficient (Wildman–Crippen LogP) is 3.72. The van der Waals surface area contributed by atoms with E-state index in [0.717, 1.165) is 28.6 Å². The first-order valence-corrected chi connectivity index (χ1v) is 7.61. The highest BCUT2D eigenvalue weighted by Gasteiger charge is 2.34. The number of carbonyl (C=O) groups is 1. The lowest BCUT2D eigenvalue weighted by molar-refractivity contribution is -0.139. The molecule has 0 aliphatic carbocycles. The molecule has 1 heterocycles. The molecule has 8 heteroatoms. The second-order valence-electron chi connectivity index (χ2n) is 5.40. The number of hydrazone groups is 1. The topological polar surface area (TPSA) is 66.5 Å². The molecule has 0 saturated heterocycles. The lowest BCUT2D eigenvalue weighted by atomic mass is 10.2. The highest BCUT2D eigenvalue weighted by Crippen LogP contribution is 2.35. The fourth-order valence-corrected chi connectivity index (χ4v) is 2.33. The molecule has 0 atom stereocenters. The molecule has 0 aliphatic heterocycles. The van der Waals surface area contributed by atoms with Gasteiger partial charge < -0.3 is 9.72 Å². The fraction of sp³-hybridized carbons (Fsp3) is 0.111. The Balaban J connectivity index is 1.56. The molecule has 0 bridgehead atoms. The van der Waals surface area contributed by atoms with E-state index >= 15 is 0 Å². The molecule has 26 heavy (non-hydrogen) atoms. The van der Waals surface area contributed by atoms with Crippen LogP contribution in [-0.4, -0.2) is 23.7 Å². The van der Waals surface area contributed by atoms with Crippen molar-refractivity contribution in [3.63, 3.8) is 0 Å². The maximum absolute atomic E-state index is 12.8. The molecule has 5 nitrogen and oxygen atoms in total. The smallest absolute Gasteiger partial charge is 0.419 e. The van der Waals surface area contributed by atoms with Crippen LogP contribution < -0.4 is 10.2 Å². The number of halogens is 3. The Hall–Kier alpha value is -3.29. The second kappa shape index (κ2) is 7.30. The molecular formula is C18H14F3N3O2. The van der Waals surface area contributed by atoms with E-state index in [4.69, 9.17) is 4.74 Å². The summed E-state index contributed by atoms with van der Waals surface area (Å²) < 4.78 is 43.5. The van der Waals surface area contributed by atoms with Crippen molar-refractivity contribution in [3.05, 3.63) is 65.9 Å². The first-order valence-electron chi connectivity index (χ1n) is 7.61. The normalized spacial score (nSPS) is 11.8. The minimum Gasteiger partial charge on any atom is -0.483 e. The first-order chi connectivity index (χ1) is 12.4. The summed E-state index contributed by atoms with van der Waals surface area (Å²) in [5, 5.41) is 4.77. The molecular weight excluding hydrogens is 347 g/mol. The molecule has 0 fully saturated rings. The van der Waals surface area contributed by atoms with Gasteiger partial charge >= 0.3 is 6.18 Å². The van der Waals surface area contributed by atoms with Crippen LogP contribution in [0.1, 0.15) is 11.1 Å². The highest BCUT2D eigenvalue weighted by molar-refractivity contribution is 5.89. The number of alkyl halides is 3. The molecule has 134 valence electrons. The van der Waals surface area contributed by atoms with Gasteiger partial charge in [0.25, 0.3) is 5.91 Å². The summed E-state index contributed by atoms with van der Waals surface area (Å²) in [6, 6.07) is 12.2. The third-order valence-corrected chi connectivity index (χ3v) is 3.53. The number of fused-ring (bicyclic) bond motifs is 1. The standard InChI is InChI=1S/C18H14F3N3O2/c19-18(20,21)14-3-1-2-4-16(14)26-11-17(25)24-23-10-12-5-6-15-13(9-12)7-8-22-15/h1-10,22H,11H2,(H,24,25)/b23-10+. The van der Waals surface area contributed by atoms with Gasteiger partial charge in [0, 0.05) is 11.7 Å². The Morgan fingerprint density at radius 2 is 2.00 bits per heavy atom. The molecule has 0 saturated carbocycles. The number of aromatic nitrogens is 1. The van der Waals surface area contributed by atoms with E-state index in [1.165, 1.54) is 18.3 Å². The number of nitrogens with zero attached hydrogens (tertiary/aromatic N) is 1. The van der Waals surface area contributed by atoms with Crippen molar-refractivity contribution in [1.29, 1.82) is 0 Å². The average molecular weight is 361 g/mol. The van der Waals surface area contributed by atoms with Crippen molar-refractivity contribution in [2.75, 3.05) is 6.61 Å². The number of hydrogen-bond acceptors (Lipinski definition) is 3. The van der Waals surface area contributed by atoms with Gasteiger partial charge in [-0.2, -0.15) is 18.3 Å². The number of nitrogens with one attached hydrogen (secondary N) is 2. The summed E-state index contributed by atoms with van der Waals surface area (Å²) in [7, 11) is 0. The number of rotatable bonds is 5. The Morgan fingerprint density at radius 3 is 2.81 bits per heavy atom. The number of carbonyl (C=O) groups excluding carboxylic acids is 1. The Bertz CT molecular complexity index is 948. The van der Waals surface area contributed by atoms with Crippen LogP contribution in [0.5, 0.6) is 5.75 Å². The lowest BCUT2D eigenvalue weighted by Crippen LogP contribution is -2.25. The van der Waals surface area contributed by atoms with E-state index in [-0.39, 0.29) is 0 Å². The molecule has 0 spiro atoms. The van der Waals surface area contributed by atoms with Gasteiger partial charge in [0.15, 0.2) is 6.61 Å². The monoisotopic (exact) mass is 361 g/mol. The minimum atomic E-state index is -4.55. The van der Waals surface area contributed by atoms with Crippen molar-refractivity contribution in [2.45, 2.75) is 6.18 Å². The predicted molar refractivity (Wildman–Crippen MR) is 91.0 cm³/mol. The maximum Gasteiger partial charge on any atom is 0.419 e. The summed E-state index contributed by atoms with van der Waals surface area (Å²) in [6.07, 6.45) is -1.31. The van der Waals surface area contributed by atoms with Gasteiger partial charge in [-0.05, 0) is 41.3 Å². The third kappa shape index (κ3) is 4.21. The first kappa shape index (κ1) is 17.5. The number of para-hydroxylation sites is 1. The van der Waals surface area contributed by atoms with Crippen molar-refractivity contribution in [1.82, 2.24) is 10.4 Å². The van der Waals surface area contributed by atoms with Crippen LogP contribution in [0, 0.1) is 0 Å². The van der Waals surface area contributed by atoms with Crippen molar-refractivity contribution >= 4 is 23.0 Å². The third-order valence-electron chi connectivity index (χ3n) is 3.53. The zero-order valence-electron chi connectivity index (χ0n) is 13.4. The van der Waals surface area contributed by atoms with Crippen LogP contribution in [0.25, 0.3) is 10.9 Å². The molecule has 0 radical (unpaired) electrons. The van der Waals surface area contributed by atoms with E-state index in [1.54, 1.807) is 0 Å². The summed E-state index contributed by atoms with van der Waals surface area (Å²) in [5.74, 6) is -1.07. The Kier molecular flexibility index (Phi) is 4.92. The van der Waals surface area contributed by atoms with E-state index in [0.29, 0.717) is 0 Å². The van der Waals surface area contributed by atoms with Crippen LogP contribution in [-0.2, 0) is 11.0 Å². The van der Waals surface area contributed by atoms with Gasteiger partial charge in [-0.3, -0.25) is 4.79 Å². The van der Waals surface area contributed by atoms with Gasteiger partial charge in [-0.15, -0.1) is 0 Å². The zero-order valence-corrected chi connectivity index (χ0v) is 13.4. The van der Waals surface area contributed by atoms with Gasteiger partial charge in [-0.25, -0.2) is 5.43 Å². The molecule has 2 N–H and O–H groups in total. The summed E-state index contributed by atoms with van der Waals surface area (Å²) in [6.45, 7) is -0.582. The van der Waals surface area contributed by atoms with Crippen LogP contribution in [0.2, 0.25) is 0 Å². The zero-order chi connectivity index (χ0) is 18.6. The van der Waals surface area contributed by atoms with E-state index < -0.39 is 30.0 Å². The van der Waals surface area contributed by atoms with Crippen LogP contribution in [0.3, 0.4) is 0 Å². The van der Waals surface area contributed by atoms with E-state index in [9.17, 15) is 18.0 Å². The largest absolute Gasteiger partial charge is 0.483 e. The number of amides is 1. The summed E-state index contributed by atoms with van der Waals surface area (Å²) in [4.78, 5) is 14.8. The van der Waals surface area contributed by atoms with Crippen molar-refractivity contribution in [2.24, 2.45) is 5.10 Å². The van der Waals surface area contributed by atoms with Crippen molar-refractivity contribution < 1.29 is 22.7 Å². The average Bonchev–Trinajstić information content (AvgIpc) is 3.07. The molecule has 0 unspecified atom stereocenters. The summed E-state index contributed by atoms with van der Waals surface area (Å²) in [5.41, 5.74) is 3.02. The highest BCUT2D eigenvalue weighted by atomic mass is 19.4. The Labute approximate surface area is 146 Å². The number of hydrogen-bond donors (Lipinski definition) is 2. The van der Waals surface area contributed by atoms with Crippen LogP contribution in [0.4, 0.5) is 13.2 Å². The van der Waals surface area contributed by atoms with Gasteiger partial charge in [0.2, 0.25) is 0 Å². The van der Waals surface area contributed by atoms with Crippen LogP contribution in [0.15, 0.2) is 59.8 Å². The van der Waals surface area contributed by atoms with Gasteiger partial charge in [-0.1, -0.05) is 18.2 Å². The molecule has 0 aliphatic rings. The SMILES string of the molecule is O=C(COc1ccccc1C(F)(F)F)N/N=C/c1ccc2[nH]ccc2c1. The van der Waals surface area contributed by atoms with E-state index in [1.807, 2.05) is 30.5 Å². The van der Waals surface area contributed by atoms with Crippen LogP contribution >= 0.6 is 0 Å². The lowest BCUT2D eigenvalue weighted by Gasteiger charge is -2.12. The number of aromatic amines is 1. The molecule has 2 aromatic carbocycles. The summed E-state index contributed by atoms with van der Waals surface area (Å²) >= 11 is 0. The maximum atomic E-state index is 12.8. The van der Waals surface area contributed by atoms with Gasteiger partial charge in [0.1, 0.15) is 5.75 Å². The number of benzene rings is 2. The second-order valence-corrected chi connectivity index (χ2v) is 5.40. The molecule has 1 aromatic heterocycles. The quantitative estimate of drug-likeness (QED) is 0.537. The number of ether oxygens (including phenoxy) is 1. The van der Waals surface area contributed by atoms with Gasteiger partial charge in [0.05, 0.1) is 11.8 Å². The van der Waals surface area contributed by atoms with Crippen molar-refractivity contribution in [3.8, 4) is 5.75 Å². The number of H-pyrrole nitrogens is 1. The molecule has 3 rings (SSSR count). The van der Waals surface area contributed by atoms with E-state index in [2.05, 4.69) is 15.5 Å². The minimum absolute atomic E-state index is 0.406. The molecule has 3 aromatic rings. The fourth-order valence-electron chi connectivity index (χ4n) is 2.33. The molecule has 1 amide bonds.